The van der Waals surface area contributed by atoms with E-state index < -0.39 is 0 Å². The van der Waals surface area contributed by atoms with E-state index >= 15 is 0 Å². The molecule has 1 heterocycles. The first-order valence-electron chi connectivity index (χ1n) is 8.79. The van der Waals surface area contributed by atoms with Gasteiger partial charge in [-0.05, 0) is 57.2 Å². The van der Waals surface area contributed by atoms with Gasteiger partial charge in [0.05, 0.1) is 0 Å². The largest absolute Gasteiger partial charge is 0.335 e. The molecule has 1 aliphatic heterocycles. The van der Waals surface area contributed by atoms with E-state index in [9.17, 15) is 9.59 Å². The number of hydrogen-bond donors (Lipinski definition) is 3. The van der Waals surface area contributed by atoms with Gasteiger partial charge in [0.25, 0.3) is 5.91 Å². The van der Waals surface area contributed by atoms with Gasteiger partial charge in [-0.25, -0.2) is 4.79 Å². The van der Waals surface area contributed by atoms with Crippen molar-refractivity contribution >= 4 is 17.6 Å². The lowest BCUT2D eigenvalue weighted by atomic mass is 9.96. The first-order valence-corrected chi connectivity index (χ1v) is 8.79. The zero-order valence-electron chi connectivity index (χ0n) is 14.1. The molecule has 3 rings (SSSR count). The maximum Gasteiger partial charge on any atom is 0.319 e. The topological polar surface area (TPSA) is 87.5 Å². The summed E-state index contributed by atoms with van der Waals surface area (Å²) in [5.41, 5.74) is 7.28. The molecule has 0 aromatic heterocycles. The van der Waals surface area contributed by atoms with Crippen LogP contribution in [0.2, 0.25) is 0 Å². The van der Waals surface area contributed by atoms with Crippen molar-refractivity contribution < 1.29 is 9.59 Å². The Bertz CT molecular complexity index is 613. The predicted molar refractivity (Wildman–Crippen MR) is 93.9 cm³/mol. The number of anilines is 1. The summed E-state index contributed by atoms with van der Waals surface area (Å²) in [5.74, 6) is -0.0109. The molecule has 6 heteroatoms. The number of piperidine rings is 1. The van der Waals surface area contributed by atoms with E-state index in [1.807, 2.05) is 11.8 Å². The summed E-state index contributed by atoms with van der Waals surface area (Å²) in [5, 5.41) is 5.67. The second-order valence-electron chi connectivity index (χ2n) is 6.87. The molecule has 1 aromatic rings. The van der Waals surface area contributed by atoms with E-state index in [4.69, 9.17) is 5.73 Å². The van der Waals surface area contributed by atoms with Gasteiger partial charge in [0.2, 0.25) is 0 Å². The van der Waals surface area contributed by atoms with Crippen LogP contribution >= 0.6 is 0 Å². The molecule has 1 saturated carbocycles. The minimum absolute atomic E-state index is 0.0109. The number of amides is 3. The van der Waals surface area contributed by atoms with Gasteiger partial charge < -0.3 is 21.3 Å². The average Bonchev–Trinajstić information content (AvgIpc) is 3.38. The van der Waals surface area contributed by atoms with Gasteiger partial charge in [-0.15, -0.1) is 0 Å². The maximum absolute atomic E-state index is 12.9. The van der Waals surface area contributed by atoms with Crippen molar-refractivity contribution in [2.75, 3.05) is 11.9 Å². The van der Waals surface area contributed by atoms with Gasteiger partial charge in [-0.3, -0.25) is 4.79 Å². The molecular weight excluding hydrogens is 304 g/mol. The number of nitrogens with one attached hydrogen (secondary N) is 2. The molecule has 2 atom stereocenters. The third kappa shape index (κ3) is 4.06. The van der Waals surface area contributed by atoms with Crippen LogP contribution in [0.15, 0.2) is 24.3 Å². The molecule has 6 nitrogen and oxygen atoms in total. The Hall–Kier alpha value is -2.08. The van der Waals surface area contributed by atoms with Crippen LogP contribution < -0.4 is 16.4 Å². The average molecular weight is 330 g/mol. The lowest BCUT2D eigenvalue weighted by Gasteiger charge is -2.38. The minimum atomic E-state index is -0.214. The Morgan fingerprint density at radius 2 is 2.04 bits per heavy atom. The van der Waals surface area contributed by atoms with Crippen LogP contribution in [0, 0.1) is 0 Å². The second-order valence-corrected chi connectivity index (χ2v) is 6.87. The molecule has 2 aliphatic rings. The molecule has 2 fully saturated rings. The van der Waals surface area contributed by atoms with E-state index in [0.29, 0.717) is 17.3 Å². The van der Waals surface area contributed by atoms with Crippen LogP contribution in [0.3, 0.4) is 0 Å². The summed E-state index contributed by atoms with van der Waals surface area (Å²) < 4.78 is 0. The fraction of sp³-hybridized carbons (Fsp3) is 0.556. The summed E-state index contributed by atoms with van der Waals surface area (Å²) in [6.07, 6.45) is 5.15. The third-order valence-corrected chi connectivity index (χ3v) is 4.70. The van der Waals surface area contributed by atoms with Crippen LogP contribution in [0.25, 0.3) is 0 Å². The lowest BCUT2D eigenvalue weighted by molar-refractivity contribution is 0.0584. The zero-order valence-corrected chi connectivity index (χ0v) is 14.1. The maximum atomic E-state index is 12.9. The number of nitrogens with two attached hydrogens (primary N) is 1. The van der Waals surface area contributed by atoms with Gasteiger partial charge in [-0.1, -0.05) is 6.07 Å². The van der Waals surface area contributed by atoms with E-state index in [2.05, 4.69) is 10.6 Å². The van der Waals surface area contributed by atoms with Gasteiger partial charge in [-0.2, -0.15) is 0 Å². The normalized spacial score (nSPS) is 21.9. The molecule has 0 radical (unpaired) electrons. The molecule has 2 unspecified atom stereocenters. The summed E-state index contributed by atoms with van der Waals surface area (Å²) >= 11 is 0. The van der Waals surface area contributed by atoms with Gasteiger partial charge in [0.1, 0.15) is 0 Å². The number of carbonyl (C=O) groups is 2. The van der Waals surface area contributed by atoms with Crippen LogP contribution in [0.1, 0.15) is 49.4 Å². The number of nitrogens with zero attached hydrogens (tertiary/aromatic N) is 1. The van der Waals surface area contributed by atoms with Crippen molar-refractivity contribution in [1.82, 2.24) is 10.2 Å². The first kappa shape index (κ1) is 16.8. The number of likely N-dealkylation sites (tertiary alicyclic amines) is 1. The zero-order chi connectivity index (χ0) is 17.1. The molecule has 3 amide bonds. The molecule has 0 bridgehead atoms. The fourth-order valence-corrected chi connectivity index (χ4v) is 3.23. The fourth-order valence-electron chi connectivity index (χ4n) is 3.23. The summed E-state index contributed by atoms with van der Waals surface area (Å²) in [6, 6.07) is 7.25. The molecule has 24 heavy (non-hydrogen) atoms. The highest BCUT2D eigenvalue weighted by Gasteiger charge is 2.30. The number of rotatable bonds is 4. The quantitative estimate of drug-likeness (QED) is 0.791. The second kappa shape index (κ2) is 7.21. The SMILES string of the molecule is CC(N)C1CCCCN1C(=O)c1cccc(NC(=O)NC2CC2)c1. The van der Waals surface area contributed by atoms with Crippen LogP contribution in [-0.4, -0.2) is 41.5 Å². The smallest absolute Gasteiger partial charge is 0.319 e. The lowest BCUT2D eigenvalue weighted by Crippen LogP contribution is -2.51. The van der Waals surface area contributed by atoms with Crippen LogP contribution in [0.4, 0.5) is 10.5 Å². The summed E-state index contributed by atoms with van der Waals surface area (Å²) in [4.78, 5) is 26.6. The van der Waals surface area contributed by atoms with Gasteiger partial charge in [0, 0.05) is 35.9 Å². The summed E-state index contributed by atoms with van der Waals surface area (Å²) in [6.45, 7) is 2.70. The van der Waals surface area contributed by atoms with E-state index in [0.717, 1.165) is 38.6 Å². The molecule has 4 N–H and O–H groups in total. The molecule has 130 valence electrons. The Balaban J connectivity index is 1.69. The molecule has 1 aromatic carbocycles. The number of hydrogen-bond acceptors (Lipinski definition) is 3. The van der Waals surface area contributed by atoms with Gasteiger partial charge >= 0.3 is 6.03 Å². The predicted octanol–water partition coefficient (Wildman–Crippen LogP) is 2.31. The van der Waals surface area contributed by atoms with Crippen molar-refractivity contribution in [1.29, 1.82) is 0 Å². The molecule has 1 aliphatic carbocycles. The standard InChI is InChI=1S/C18H26N4O2/c1-12(19)16-7-2-3-10-22(16)17(23)13-5-4-6-15(11-13)21-18(24)20-14-8-9-14/h4-6,11-12,14,16H,2-3,7-10,19H2,1H3,(H2,20,21,24). The highest BCUT2D eigenvalue weighted by molar-refractivity contribution is 5.97. The van der Waals surface area contributed by atoms with Crippen LogP contribution in [0.5, 0.6) is 0 Å². The van der Waals surface area contributed by atoms with Crippen molar-refractivity contribution in [3.8, 4) is 0 Å². The van der Waals surface area contributed by atoms with E-state index in [-0.39, 0.29) is 24.0 Å². The van der Waals surface area contributed by atoms with Crippen LogP contribution in [-0.2, 0) is 0 Å². The Kier molecular flexibility index (Phi) is 5.04. The van der Waals surface area contributed by atoms with Gasteiger partial charge in [0.15, 0.2) is 0 Å². The third-order valence-electron chi connectivity index (χ3n) is 4.70. The number of carbonyl (C=O) groups excluding carboxylic acids is 2. The van der Waals surface area contributed by atoms with Crippen molar-refractivity contribution in [2.45, 2.75) is 57.2 Å². The highest BCUT2D eigenvalue weighted by atomic mass is 16.2. The highest BCUT2D eigenvalue weighted by Crippen LogP contribution is 2.23. The number of urea groups is 1. The van der Waals surface area contributed by atoms with Crippen molar-refractivity contribution in [3.05, 3.63) is 29.8 Å². The molecule has 0 spiro atoms. The minimum Gasteiger partial charge on any atom is -0.335 e. The van der Waals surface area contributed by atoms with E-state index in [1.54, 1.807) is 24.3 Å². The molecule has 1 saturated heterocycles. The monoisotopic (exact) mass is 330 g/mol. The Morgan fingerprint density at radius 3 is 2.75 bits per heavy atom. The van der Waals surface area contributed by atoms with Crippen molar-refractivity contribution in [3.63, 3.8) is 0 Å². The van der Waals surface area contributed by atoms with Crippen molar-refractivity contribution in [2.24, 2.45) is 5.73 Å². The first-order chi connectivity index (χ1) is 11.5. The Labute approximate surface area is 142 Å². The number of benzene rings is 1. The summed E-state index contributed by atoms with van der Waals surface area (Å²) in [7, 11) is 0. The Morgan fingerprint density at radius 1 is 1.25 bits per heavy atom. The molecular formula is C18H26N4O2. The van der Waals surface area contributed by atoms with E-state index in [1.165, 1.54) is 0 Å².